The Morgan fingerprint density at radius 2 is 1.77 bits per heavy atom. The number of ether oxygens (including phenoxy) is 2. The van der Waals surface area contributed by atoms with Gasteiger partial charge in [0.15, 0.2) is 5.65 Å². The lowest BCUT2D eigenvalue weighted by Crippen LogP contribution is -2.06. The standard InChI is InChI=1S/C20H15ClF3N5O2/c1-10-6-7-25-18(30-3)16(10)13-5-4-12(20(22,23)24)9-14(13)31-17-11(2)8-15-26-27-19(21)29(15)28-17/h4-9H,1-3H3. The first kappa shape index (κ1) is 20.9. The van der Waals surface area contributed by atoms with Crippen LogP contribution in [0, 0.1) is 13.8 Å². The van der Waals surface area contributed by atoms with Crippen LogP contribution in [0.25, 0.3) is 16.8 Å². The van der Waals surface area contributed by atoms with Gasteiger partial charge in [-0.25, -0.2) is 4.98 Å². The van der Waals surface area contributed by atoms with Crippen LogP contribution >= 0.6 is 11.6 Å². The molecular weight excluding hydrogens is 435 g/mol. The number of nitrogens with zero attached hydrogens (tertiary/aromatic N) is 5. The number of aromatic nitrogens is 5. The average molecular weight is 450 g/mol. The predicted molar refractivity (Wildman–Crippen MR) is 107 cm³/mol. The van der Waals surface area contributed by atoms with E-state index in [2.05, 4.69) is 20.3 Å². The van der Waals surface area contributed by atoms with E-state index >= 15 is 0 Å². The van der Waals surface area contributed by atoms with Crippen LogP contribution in [0.2, 0.25) is 5.28 Å². The third kappa shape index (κ3) is 3.86. The summed E-state index contributed by atoms with van der Waals surface area (Å²) in [5.74, 6) is 0.241. The van der Waals surface area contributed by atoms with Crippen molar-refractivity contribution < 1.29 is 22.6 Å². The molecule has 3 aromatic heterocycles. The van der Waals surface area contributed by atoms with Crippen LogP contribution in [-0.4, -0.2) is 31.9 Å². The van der Waals surface area contributed by atoms with Crippen molar-refractivity contribution in [1.82, 2.24) is 24.8 Å². The highest BCUT2D eigenvalue weighted by atomic mass is 35.5. The van der Waals surface area contributed by atoms with Gasteiger partial charge in [0, 0.05) is 17.3 Å². The van der Waals surface area contributed by atoms with E-state index in [1.54, 1.807) is 32.2 Å². The van der Waals surface area contributed by atoms with E-state index in [0.29, 0.717) is 22.3 Å². The molecule has 0 bridgehead atoms. The smallest absolute Gasteiger partial charge is 0.416 e. The maximum absolute atomic E-state index is 13.4. The van der Waals surface area contributed by atoms with Crippen molar-refractivity contribution in [2.24, 2.45) is 0 Å². The summed E-state index contributed by atoms with van der Waals surface area (Å²) in [6.07, 6.45) is -3.01. The number of hydrogen-bond acceptors (Lipinski definition) is 6. The number of fused-ring (bicyclic) bond motifs is 1. The van der Waals surface area contributed by atoms with Crippen molar-refractivity contribution in [1.29, 1.82) is 0 Å². The van der Waals surface area contributed by atoms with E-state index in [0.717, 1.165) is 17.7 Å². The second-order valence-electron chi connectivity index (χ2n) is 6.69. The summed E-state index contributed by atoms with van der Waals surface area (Å²) in [5.41, 5.74) is 1.67. The first-order chi connectivity index (χ1) is 14.7. The lowest BCUT2D eigenvalue weighted by Gasteiger charge is -2.17. The molecule has 0 aliphatic rings. The Balaban J connectivity index is 1.92. The fraction of sp³-hybridized carbons (Fsp3) is 0.200. The van der Waals surface area contributed by atoms with Crippen molar-refractivity contribution in [2.45, 2.75) is 20.0 Å². The van der Waals surface area contributed by atoms with Crippen molar-refractivity contribution in [3.05, 3.63) is 58.5 Å². The minimum Gasteiger partial charge on any atom is -0.481 e. The molecule has 0 amide bonds. The Hall–Kier alpha value is -3.40. The number of hydrogen-bond donors (Lipinski definition) is 0. The zero-order chi connectivity index (χ0) is 22.3. The molecular formula is C20H15ClF3N5O2. The van der Waals surface area contributed by atoms with Gasteiger partial charge in [-0.3, -0.25) is 0 Å². The molecule has 0 atom stereocenters. The van der Waals surface area contributed by atoms with Gasteiger partial charge >= 0.3 is 6.18 Å². The number of pyridine rings is 1. The highest BCUT2D eigenvalue weighted by molar-refractivity contribution is 6.28. The van der Waals surface area contributed by atoms with E-state index in [-0.39, 0.29) is 22.8 Å². The van der Waals surface area contributed by atoms with Gasteiger partial charge in [-0.1, -0.05) is 0 Å². The second-order valence-corrected chi connectivity index (χ2v) is 7.03. The number of alkyl halides is 3. The van der Waals surface area contributed by atoms with Crippen LogP contribution in [0.1, 0.15) is 16.7 Å². The van der Waals surface area contributed by atoms with E-state index in [4.69, 9.17) is 21.1 Å². The molecule has 0 saturated heterocycles. The van der Waals surface area contributed by atoms with Gasteiger partial charge < -0.3 is 9.47 Å². The number of rotatable bonds is 4. The molecule has 31 heavy (non-hydrogen) atoms. The van der Waals surface area contributed by atoms with Crippen molar-refractivity contribution >= 4 is 17.2 Å². The second kappa shape index (κ2) is 7.69. The summed E-state index contributed by atoms with van der Waals surface area (Å²) in [6.45, 7) is 3.49. The molecule has 160 valence electrons. The van der Waals surface area contributed by atoms with Crippen LogP contribution in [-0.2, 0) is 6.18 Å². The molecule has 0 radical (unpaired) electrons. The zero-order valence-electron chi connectivity index (χ0n) is 16.5. The maximum Gasteiger partial charge on any atom is 0.416 e. The molecule has 0 unspecified atom stereocenters. The minimum absolute atomic E-state index is 0.00566. The number of benzene rings is 1. The molecule has 0 spiro atoms. The number of methoxy groups -OCH3 is 1. The lowest BCUT2D eigenvalue weighted by atomic mass is 9.99. The molecule has 3 heterocycles. The van der Waals surface area contributed by atoms with E-state index in [1.165, 1.54) is 17.7 Å². The van der Waals surface area contributed by atoms with E-state index in [1.807, 2.05) is 0 Å². The number of halogens is 4. The average Bonchev–Trinajstić information content (AvgIpc) is 3.07. The monoisotopic (exact) mass is 449 g/mol. The van der Waals surface area contributed by atoms with E-state index in [9.17, 15) is 13.2 Å². The van der Waals surface area contributed by atoms with Gasteiger partial charge in [-0.2, -0.15) is 17.7 Å². The zero-order valence-corrected chi connectivity index (χ0v) is 17.3. The van der Waals surface area contributed by atoms with Gasteiger partial charge in [0.25, 0.3) is 0 Å². The molecule has 4 rings (SSSR count). The summed E-state index contributed by atoms with van der Waals surface area (Å²) in [7, 11) is 1.43. The van der Waals surface area contributed by atoms with Crippen molar-refractivity contribution in [2.75, 3.05) is 7.11 Å². The van der Waals surface area contributed by atoms with E-state index < -0.39 is 11.7 Å². The fourth-order valence-electron chi connectivity index (χ4n) is 3.09. The SMILES string of the molecule is COc1nccc(C)c1-c1ccc(C(F)(F)F)cc1Oc1nn2c(Cl)nnc2cc1C. The Labute approximate surface area is 179 Å². The highest BCUT2D eigenvalue weighted by Gasteiger charge is 2.32. The molecule has 11 heteroatoms. The van der Waals surface area contributed by atoms with Crippen LogP contribution in [0.5, 0.6) is 17.5 Å². The molecule has 0 saturated carbocycles. The predicted octanol–water partition coefficient (Wildman–Crippen LogP) is 5.28. The Morgan fingerprint density at radius 3 is 2.48 bits per heavy atom. The third-order valence-corrected chi connectivity index (χ3v) is 4.84. The molecule has 0 fully saturated rings. The Bertz CT molecular complexity index is 1290. The van der Waals surface area contributed by atoms with Crippen LogP contribution in [0.4, 0.5) is 13.2 Å². The molecule has 0 aliphatic carbocycles. The summed E-state index contributed by atoms with van der Waals surface area (Å²) in [5, 5.41) is 11.8. The number of aryl methyl sites for hydroxylation is 2. The van der Waals surface area contributed by atoms with Gasteiger partial charge in [0.1, 0.15) is 5.75 Å². The summed E-state index contributed by atoms with van der Waals surface area (Å²) in [4.78, 5) is 4.16. The molecule has 0 N–H and O–H groups in total. The molecule has 4 aromatic rings. The van der Waals surface area contributed by atoms with Gasteiger partial charge in [0.2, 0.25) is 17.0 Å². The Kier molecular flexibility index (Phi) is 5.18. The molecule has 0 aliphatic heterocycles. The van der Waals surface area contributed by atoms with Gasteiger partial charge in [-0.15, -0.1) is 15.3 Å². The first-order valence-electron chi connectivity index (χ1n) is 8.96. The van der Waals surface area contributed by atoms with Crippen LogP contribution < -0.4 is 9.47 Å². The van der Waals surface area contributed by atoms with Crippen molar-refractivity contribution in [3.8, 4) is 28.6 Å². The van der Waals surface area contributed by atoms with Crippen LogP contribution in [0.3, 0.4) is 0 Å². The Morgan fingerprint density at radius 1 is 1.00 bits per heavy atom. The topological polar surface area (TPSA) is 74.4 Å². The third-order valence-electron chi connectivity index (χ3n) is 4.60. The lowest BCUT2D eigenvalue weighted by molar-refractivity contribution is -0.137. The quantitative estimate of drug-likeness (QED) is 0.422. The van der Waals surface area contributed by atoms with Crippen molar-refractivity contribution in [3.63, 3.8) is 0 Å². The normalized spacial score (nSPS) is 11.7. The van der Waals surface area contributed by atoms with Gasteiger partial charge in [-0.05, 0) is 61.3 Å². The fourth-order valence-corrected chi connectivity index (χ4v) is 3.25. The molecule has 1 aromatic carbocycles. The largest absolute Gasteiger partial charge is 0.481 e. The maximum atomic E-state index is 13.4. The highest BCUT2D eigenvalue weighted by Crippen LogP contribution is 2.42. The molecule has 7 nitrogen and oxygen atoms in total. The minimum atomic E-state index is -4.56. The van der Waals surface area contributed by atoms with Crippen LogP contribution in [0.15, 0.2) is 36.5 Å². The summed E-state index contributed by atoms with van der Waals surface area (Å²) >= 11 is 5.97. The summed E-state index contributed by atoms with van der Waals surface area (Å²) < 4.78 is 52.7. The summed E-state index contributed by atoms with van der Waals surface area (Å²) in [6, 6.07) is 6.56. The van der Waals surface area contributed by atoms with Gasteiger partial charge in [0.05, 0.1) is 18.2 Å². The first-order valence-corrected chi connectivity index (χ1v) is 9.34.